The van der Waals surface area contributed by atoms with E-state index in [4.69, 9.17) is 9.97 Å². The molecule has 168 valence electrons. The third-order valence-electron chi connectivity index (χ3n) is 6.40. The summed E-state index contributed by atoms with van der Waals surface area (Å²) in [5.41, 5.74) is 2.89. The lowest BCUT2D eigenvalue weighted by Gasteiger charge is -2.36. The minimum Gasteiger partial charge on any atom is -0.354 e. The highest BCUT2D eigenvalue weighted by Crippen LogP contribution is 2.20. The van der Waals surface area contributed by atoms with Gasteiger partial charge in [-0.05, 0) is 26.1 Å². The number of anilines is 2. The van der Waals surface area contributed by atoms with E-state index in [9.17, 15) is 4.79 Å². The van der Waals surface area contributed by atoms with E-state index in [0.717, 1.165) is 67.8 Å². The molecule has 2 saturated heterocycles. The van der Waals surface area contributed by atoms with Gasteiger partial charge in [0, 0.05) is 64.1 Å². The van der Waals surface area contributed by atoms with Gasteiger partial charge >= 0.3 is 0 Å². The molecule has 9 heteroatoms. The first-order chi connectivity index (χ1) is 15.6. The summed E-state index contributed by atoms with van der Waals surface area (Å²) < 4.78 is 1.93. The number of aryl methyl sites for hydroxylation is 1. The molecule has 0 radical (unpaired) electrons. The number of piperazine rings is 2. The number of nitrogens with zero attached hydrogens (tertiary/aromatic N) is 8. The molecule has 2 aromatic heterocycles. The lowest BCUT2D eigenvalue weighted by Crippen LogP contribution is -2.50. The minimum absolute atomic E-state index is 0.121. The van der Waals surface area contributed by atoms with E-state index in [1.54, 1.807) is 6.33 Å². The Morgan fingerprint density at radius 2 is 1.66 bits per heavy atom. The van der Waals surface area contributed by atoms with Crippen LogP contribution in [0.5, 0.6) is 0 Å². The molecule has 2 fully saturated rings. The number of imidazole rings is 1. The largest absolute Gasteiger partial charge is 0.354 e. The second-order valence-electron chi connectivity index (χ2n) is 8.69. The van der Waals surface area contributed by atoms with Crippen molar-refractivity contribution in [1.29, 1.82) is 0 Å². The van der Waals surface area contributed by atoms with E-state index in [-0.39, 0.29) is 5.91 Å². The molecule has 0 spiro atoms. The lowest BCUT2D eigenvalue weighted by atomic mass is 10.3. The van der Waals surface area contributed by atoms with E-state index >= 15 is 0 Å². The molecule has 5 rings (SSSR count). The van der Waals surface area contributed by atoms with Gasteiger partial charge in [-0.25, -0.2) is 9.97 Å². The Morgan fingerprint density at radius 3 is 2.44 bits per heavy atom. The molecule has 0 atom stereocenters. The Hall–Kier alpha value is -3.20. The van der Waals surface area contributed by atoms with Crippen LogP contribution < -0.4 is 9.80 Å². The van der Waals surface area contributed by atoms with Crippen LogP contribution >= 0.6 is 0 Å². The Kier molecular flexibility index (Phi) is 5.65. The van der Waals surface area contributed by atoms with Crippen LogP contribution in [-0.4, -0.2) is 94.6 Å². The molecule has 0 aliphatic carbocycles. The van der Waals surface area contributed by atoms with Gasteiger partial charge in [0.2, 0.25) is 11.9 Å². The zero-order valence-electron chi connectivity index (χ0n) is 18.8. The van der Waals surface area contributed by atoms with Gasteiger partial charge in [0.25, 0.3) is 0 Å². The molecular weight excluding hydrogens is 404 g/mol. The first-order valence-electron chi connectivity index (χ1n) is 11.3. The number of fused-ring (bicyclic) bond motifs is 1. The number of carbonyl (C=O) groups excluding carboxylic acids is 1. The summed E-state index contributed by atoms with van der Waals surface area (Å²) in [7, 11) is 2.16. The van der Waals surface area contributed by atoms with Crippen molar-refractivity contribution in [3.8, 4) is 0 Å². The summed E-state index contributed by atoms with van der Waals surface area (Å²) in [5, 5.41) is 0. The number of hydrogen-bond acceptors (Lipinski definition) is 7. The van der Waals surface area contributed by atoms with Crippen LogP contribution in [0.2, 0.25) is 0 Å². The second kappa shape index (κ2) is 8.74. The second-order valence-corrected chi connectivity index (χ2v) is 8.69. The zero-order chi connectivity index (χ0) is 22.1. The fourth-order valence-corrected chi connectivity index (χ4v) is 4.41. The normalized spacial score (nSPS) is 17.9. The van der Waals surface area contributed by atoms with Gasteiger partial charge in [0.15, 0.2) is 0 Å². The van der Waals surface area contributed by atoms with Gasteiger partial charge in [-0.3, -0.25) is 4.79 Å². The van der Waals surface area contributed by atoms with E-state index in [0.29, 0.717) is 19.6 Å². The number of rotatable bonds is 4. The SMILES string of the molecule is Cc1cc(N2CCN(C)CC2)nc(N2CCN(C(=O)Cn3cnc4ccccc43)CC2)n1. The number of para-hydroxylation sites is 2. The smallest absolute Gasteiger partial charge is 0.242 e. The predicted molar refractivity (Wildman–Crippen MR) is 125 cm³/mol. The topological polar surface area (TPSA) is 73.6 Å². The van der Waals surface area contributed by atoms with Crippen LogP contribution in [0.1, 0.15) is 5.69 Å². The minimum atomic E-state index is 0.121. The van der Waals surface area contributed by atoms with Crippen LogP contribution in [-0.2, 0) is 11.3 Å². The van der Waals surface area contributed by atoms with E-state index in [1.165, 1.54) is 0 Å². The average molecular weight is 435 g/mol. The van der Waals surface area contributed by atoms with Crippen LogP contribution in [0, 0.1) is 6.92 Å². The monoisotopic (exact) mass is 434 g/mol. The summed E-state index contributed by atoms with van der Waals surface area (Å²) in [6.07, 6.45) is 1.75. The van der Waals surface area contributed by atoms with Crippen molar-refractivity contribution in [2.45, 2.75) is 13.5 Å². The van der Waals surface area contributed by atoms with Crippen molar-refractivity contribution in [3.63, 3.8) is 0 Å². The molecule has 1 amide bonds. The summed E-state index contributed by atoms with van der Waals surface area (Å²) in [5.74, 6) is 1.90. The fourth-order valence-electron chi connectivity index (χ4n) is 4.41. The van der Waals surface area contributed by atoms with Gasteiger partial charge in [0.05, 0.1) is 17.4 Å². The summed E-state index contributed by atoms with van der Waals surface area (Å²) in [4.78, 5) is 35.7. The van der Waals surface area contributed by atoms with Crippen molar-refractivity contribution in [1.82, 2.24) is 29.3 Å². The summed E-state index contributed by atoms with van der Waals surface area (Å²) >= 11 is 0. The highest BCUT2D eigenvalue weighted by molar-refractivity contribution is 5.80. The number of carbonyl (C=O) groups is 1. The molecule has 0 unspecified atom stereocenters. The fraction of sp³-hybridized carbons (Fsp3) is 0.478. The number of aromatic nitrogens is 4. The van der Waals surface area contributed by atoms with Crippen molar-refractivity contribution >= 4 is 28.7 Å². The Bertz CT molecular complexity index is 1100. The number of amides is 1. The van der Waals surface area contributed by atoms with E-state index in [1.807, 2.05) is 40.7 Å². The molecule has 0 bridgehead atoms. The molecule has 4 heterocycles. The average Bonchev–Trinajstić information content (AvgIpc) is 3.22. The lowest BCUT2D eigenvalue weighted by molar-refractivity contribution is -0.132. The van der Waals surface area contributed by atoms with Gasteiger partial charge in [-0.15, -0.1) is 0 Å². The maximum absolute atomic E-state index is 12.9. The number of hydrogen-bond donors (Lipinski definition) is 0. The Balaban J connectivity index is 1.22. The number of benzene rings is 1. The highest BCUT2D eigenvalue weighted by Gasteiger charge is 2.24. The molecule has 1 aromatic carbocycles. The number of likely N-dealkylation sites (N-methyl/N-ethyl adjacent to an activating group) is 1. The molecular formula is C23H30N8O. The van der Waals surface area contributed by atoms with Gasteiger partial charge in [-0.1, -0.05) is 12.1 Å². The van der Waals surface area contributed by atoms with Crippen molar-refractivity contribution in [2.75, 3.05) is 69.2 Å². The molecule has 2 aliphatic rings. The molecule has 32 heavy (non-hydrogen) atoms. The van der Waals surface area contributed by atoms with Crippen molar-refractivity contribution in [2.24, 2.45) is 0 Å². The van der Waals surface area contributed by atoms with E-state index in [2.05, 4.69) is 32.8 Å². The maximum Gasteiger partial charge on any atom is 0.242 e. The van der Waals surface area contributed by atoms with Gasteiger partial charge < -0.3 is 24.2 Å². The quantitative estimate of drug-likeness (QED) is 0.612. The van der Waals surface area contributed by atoms with Crippen molar-refractivity contribution in [3.05, 3.63) is 42.4 Å². The van der Waals surface area contributed by atoms with Crippen LogP contribution in [0.15, 0.2) is 36.7 Å². The molecule has 2 aliphatic heterocycles. The Morgan fingerprint density at radius 1 is 0.938 bits per heavy atom. The molecule has 3 aromatic rings. The van der Waals surface area contributed by atoms with Crippen LogP contribution in [0.25, 0.3) is 11.0 Å². The van der Waals surface area contributed by atoms with E-state index < -0.39 is 0 Å². The highest BCUT2D eigenvalue weighted by atomic mass is 16.2. The molecule has 0 saturated carbocycles. The Labute approximate surface area is 188 Å². The molecule has 0 N–H and O–H groups in total. The van der Waals surface area contributed by atoms with Crippen molar-refractivity contribution < 1.29 is 4.79 Å². The third kappa shape index (κ3) is 4.25. The first-order valence-corrected chi connectivity index (χ1v) is 11.3. The van der Waals surface area contributed by atoms with Gasteiger partial charge in [-0.2, -0.15) is 4.98 Å². The summed E-state index contributed by atoms with van der Waals surface area (Å²) in [6, 6.07) is 9.98. The molecule has 9 nitrogen and oxygen atoms in total. The maximum atomic E-state index is 12.9. The zero-order valence-corrected chi connectivity index (χ0v) is 18.8. The standard InChI is InChI=1S/C23H30N8O/c1-18-15-21(28-9-7-27(2)8-10-28)26-23(25-18)30-13-11-29(12-14-30)22(32)16-31-17-24-19-5-3-4-6-20(19)31/h3-6,15,17H,7-14,16H2,1-2H3. The first kappa shape index (κ1) is 20.7. The van der Waals surface area contributed by atoms with Crippen LogP contribution in [0.4, 0.5) is 11.8 Å². The third-order valence-corrected chi connectivity index (χ3v) is 6.40. The van der Waals surface area contributed by atoms with Gasteiger partial charge in [0.1, 0.15) is 12.4 Å². The predicted octanol–water partition coefficient (Wildman–Crippen LogP) is 1.24. The van der Waals surface area contributed by atoms with Crippen LogP contribution in [0.3, 0.4) is 0 Å². The summed E-state index contributed by atoms with van der Waals surface area (Å²) in [6.45, 7) is 9.23.